The van der Waals surface area contributed by atoms with Crippen LogP contribution in [0.25, 0.3) is 10.8 Å². The van der Waals surface area contributed by atoms with Crippen molar-refractivity contribution in [1.29, 1.82) is 0 Å². The van der Waals surface area contributed by atoms with Crippen LogP contribution in [0.5, 0.6) is 0 Å². The summed E-state index contributed by atoms with van der Waals surface area (Å²) < 4.78 is 1.38. The summed E-state index contributed by atoms with van der Waals surface area (Å²) >= 11 is 0. The van der Waals surface area contributed by atoms with E-state index in [1.807, 2.05) is 0 Å². The van der Waals surface area contributed by atoms with Crippen molar-refractivity contribution in [3.63, 3.8) is 0 Å². The van der Waals surface area contributed by atoms with E-state index in [-0.39, 0.29) is 0 Å². The summed E-state index contributed by atoms with van der Waals surface area (Å²) in [4.78, 5) is 0. The molecule has 0 aliphatic carbocycles. The highest BCUT2D eigenvalue weighted by atomic mass is 15.3. The fourth-order valence-electron chi connectivity index (χ4n) is 4.64. The number of benzene rings is 2. The molecular formula is C27H44N+. The third kappa shape index (κ3) is 6.62. The lowest BCUT2D eigenvalue weighted by atomic mass is 9.97. The van der Waals surface area contributed by atoms with Crippen LogP contribution in [0, 0.1) is 6.92 Å². The van der Waals surface area contributed by atoms with Crippen molar-refractivity contribution < 1.29 is 4.48 Å². The molecule has 1 nitrogen and oxygen atoms in total. The minimum absolute atomic E-state index is 1.22. The number of quaternary nitrogens is 1. The van der Waals surface area contributed by atoms with Gasteiger partial charge >= 0.3 is 0 Å². The lowest BCUT2D eigenvalue weighted by Crippen LogP contribution is -2.50. The van der Waals surface area contributed by atoms with Crippen molar-refractivity contribution in [3.05, 3.63) is 47.5 Å². The number of nitrogens with zero attached hydrogens (tertiary/aromatic N) is 1. The molecular weight excluding hydrogens is 338 g/mol. The van der Waals surface area contributed by atoms with E-state index >= 15 is 0 Å². The largest absolute Gasteiger partial charge is 0.324 e. The molecule has 0 heterocycles. The van der Waals surface area contributed by atoms with Crippen molar-refractivity contribution >= 4 is 10.8 Å². The number of unbranched alkanes of at least 4 members (excludes halogenated alkanes) is 4. The fourth-order valence-corrected chi connectivity index (χ4v) is 4.64. The van der Waals surface area contributed by atoms with Crippen LogP contribution in [-0.2, 0) is 6.42 Å². The molecule has 28 heavy (non-hydrogen) atoms. The minimum Gasteiger partial charge on any atom is -0.324 e. The predicted octanol–water partition coefficient (Wildman–Crippen LogP) is 7.69. The molecule has 0 aliphatic heterocycles. The van der Waals surface area contributed by atoms with Gasteiger partial charge in [-0.15, -0.1) is 0 Å². The van der Waals surface area contributed by atoms with E-state index in [4.69, 9.17) is 0 Å². The summed E-state index contributed by atoms with van der Waals surface area (Å²) in [5.41, 5.74) is 2.93. The maximum Gasteiger partial charge on any atom is 0.0786 e. The SMILES string of the molecule is CCCC[N+](CCCC)(CCCC)CCCCc1ccc(C)c2ccccc12. The van der Waals surface area contributed by atoms with Crippen molar-refractivity contribution in [2.24, 2.45) is 0 Å². The van der Waals surface area contributed by atoms with Crippen molar-refractivity contribution in [2.45, 2.75) is 85.5 Å². The highest BCUT2D eigenvalue weighted by Gasteiger charge is 2.25. The van der Waals surface area contributed by atoms with Gasteiger partial charge in [0, 0.05) is 0 Å². The second-order valence-electron chi connectivity index (χ2n) is 8.84. The van der Waals surface area contributed by atoms with Crippen LogP contribution in [-0.4, -0.2) is 30.7 Å². The Morgan fingerprint density at radius 3 is 1.71 bits per heavy atom. The molecule has 2 aromatic rings. The van der Waals surface area contributed by atoms with Gasteiger partial charge in [0.1, 0.15) is 0 Å². The van der Waals surface area contributed by atoms with Gasteiger partial charge < -0.3 is 4.48 Å². The van der Waals surface area contributed by atoms with Gasteiger partial charge in [0.2, 0.25) is 0 Å². The van der Waals surface area contributed by atoms with E-state index in [1.54, 1.807) is 0 Å². The zero-order valence-corrected chi connectivity index (χ0v) is 19.1. The van der Waals surface area contributed by atoms with E-state index in [2.05, 4.69) is 64.1 Å². The Morgan fingerprint density at radius 2 is 1.14 bits per heavy atom. The number of rotatable bonds is 14. The first kappa shape index (κ1) is 22.9. The van der Waals surface area contributed by atoms with Gasteiger partial charge in [-0.2, -0.15) is 0 Å². The van der Waals surface area contributed by atoms with Crippen LogP contribution < -0.4 is 0 Å². The summed E-state index contributed by atoms with van der Waals surface area (Å²) in [6.07, 6.45) is 12.0. The van der Waals surface area contributed by atoms with Crippen LogP contribution in [0.2, 0.25) is 0 Å². The zero-order chi connectivity index (χ0) is 20.2. The summed E-state index contributed by atoms with van der Waals surface area (Å²) in [5, 5.41) is 2.89. The average Bonchev–Trinajstić information content (AvgIpc) is 2.73. The van der Waals surface area contributed by atoms with Gasteiger partial charge in [0.05, 0.1) is 26.2 Å². The maximum absolute atomic E-state index is 2.37. The van der Waals surface area contributed by atoms with Crippen molar-refractivity contribution in [1.82, 2.24) is 0 Å². The lowest BCUT2D eigenvalue weighted by molar-refractivity contribution is -0.929. The topological polar surface area (TPSA) is 0 Å². The van der Waals surface area contributed by atoms with Gasteiger partial charge in [-0.1, -0.05) is 76.4 Å². The molecule has 0 fully saturated rings. The molecule has 0 radical (unpaired) electrons. The van der Waals surface area contributed by atoms with Gasteiger partial charge in [-0.05, 0) is 67.3 Å². The predicted molar refractivity (Wildman–Crippen MR) is 126 cm³/mol. The van der Waals surface area contributed by atoms with E-state index in [9.17, 15) is 0 Å². The van der Waals surface area contributed by atoms with Gasteiger partial charge in [-0.25, -0.2) is 0 Å². The van der Waals surface area contributed by atoms with E-state index in [0.29, 0.717) is 0 Å². The Balaban J connectivity index is 2.00. The second-order valence-corrected chi connectivity index (χ2v) is 8.84. The highest BCUT2D eigenvalue weighted by molar-refractivity contribution is 5.88. The van der Waals surface area contributed by atoms with Gasteiger partial charge in [0.25, 0.3) is 0 Å². The molecule has 0 N–H and O–H groups in total. The van der Waals surface area contributed by atoms with Crippen LogP contribution in [0.4, 0.5) is 0 Å². The van der Waals surface area contributed by atoms with Crippen LogP contribution in [0.15, 0.2) is 36.4 Å². The molecule has 0 bridgehead atoms. The molecule has 0 unspecified atom stereocenters. The Morgan fingerprint density at radius 1 is 0.607 bits per heavy atom. The van der Waals surface area contributed by atoms with Crippen LogP contribution in [0.3, 0.4) is 0 Å². The third-order valence-corrected chi connectivity index (χ3v) is 6.52. The molecule has 0 atom stereocenters. The first-order valence-corrected chi connectivity index (χ1v) is 12.0. The summed E-state index contributed by atoms with van der Waals surface area (Å²) in [6.45, 7) is 14.8. The molecule has 156 valence electrons. The van der Waals surface area contributed by atoms with Crippen molar-refractivity contribution in [3.8, 4) is 0 Å². The molecule has 0 amide bonds. The number of aryl methyl sites for hydroxylation is 2. The summed E-state index contributed by atoms with van der Waals surface area (Å²) in [7, 11) is 0. The Labute approximate surface area is 174 Å². The first-order chi connectivity index (χ1) is 13.7. The van der Waals surface area contributed by atoms with Gasteiger partial charge in [0.15, 0.2) is 0 Å². The average molecular weight is 383 g/mol. The third-order valence-electron chi connectivity index (χ3n) is 6.52. The Kier molecular flexibility index (Phi) is 10.1. The molecule has 0 aromatic heterocycles. The quantitative estimate of drug-likeness (QED) is 0.232. The molecule has 1 heteroatoms. The summed E-state index contributed by atoms with van der Waals surface area (Å²) in [5.74, 6) is 0. The van der Waals surface area contributed by atoms with Crippen molar-refractivity contribution in [2.75, 3.05) is 26.2 Å². The Hall–Kier alpha value is -1.34. The molecule has 0 spiro atoms. The maximum atomic E-state index is 2.37. The monoisotopic (exact) mass is 382 g/mol. The van der Waals surface area contributed by atoms with E-state index < -0.39 is 0 Å². The van der Waals surface area contributed by atoms with Crippen LogP contribution in [0.1, 0.15) is 83.3 Å². The fraction of sp³-hybridized carbons (Fsp3) is 0.630. The number of hydrogen-bond donors (Lipinski definition) is 0. The molecule has 0 aliphatic rings. The van der Waals surface area contributed by atoms with E-state index in [1.165, 1.54) is 110 Å². The zero-order valence-electron chi connectivity index (χ0n) is 19.1. The van der Waals surface area contributed by atoms with Crippen LogP contribution >= 0.6 is 0 Å². The lowest BCUT2D eigenvalue weighted by Gasteiger charge is -2.39. The molecule has 0 saturated heterocycles. The number of hydrogen-bond acceptors (Lipinski definition) is 0. The molecule has 2 aromatic carbocycles. The second kappa shape index (κ2) is 12.3. The van der Waals surface area contributed by atoms with Gasteiger partial charge in [-0.3, -0.25) is 0 Å². The molecule has 2 rings (SSSR count). The number of fused-ring (bicyclic) bond motifs is 1. The van der Waals surface area contributed by atoms with E-state index in [0.717, 1.165) is 0 Å². The Bertz CT molecular complexity index is 666. The highest BCUT2D eigenvalue weighted by Crippen LogP contribution is 2.24. The summed E-state index contributed by atoms with van der Waals surface area (Å²) in [6, 6.07) is 13.6. The standard InChI is InChI=1S/C27H44N/c1-5-8-20-28(21-9-6-2,22-10-7-3)23-14-13-15-25-19-18-24(4)26-16-11-12-17-27(25)26/h11-12,16-19H,5-10,13-15,20-23H2,1-4H3/q+1. The normalized spacial score (nSPS) is 12.0. The minimum atomic E-state index is 1.22. The first-order valence-electron chi connectivity index (χ1n) is 12.0. The molecule has 0 saturated carbocycles. The smallest absolute Gasteiger partial charge is 0.0786 e.